The summed E-state index contributed by atoms with van der Waals surface area (Å²) in [5.74, 6) is -4.21. The summed E-state index contributed by atoms with van der Waals surface area (Å²) in [6, 6.07) is 2.81. The van der Waals surface area contributed by atoms with E-state index in [2.05, 4.69) is 10.3 Å². The first-order valence-corrected chi connectivity index (χ1v) is 9.57. The lowest BCUT2D eigenvalue weighted by molar-refractivity contribution is -0.138. The molecule has 1 heterocycles. The van der Waals surface area contributed by atoms with Crippen LogP contribution in [0, 0.1) is 11.6 Å². The molecule has 29 heavy (non-hydrogen) atoms. The third kappa shape index (κ3) is 5.22. The quantitative estimate of drug-likeness (QED) is 0.371. The van der Waals surface area contributed by atoms with Crippen LogP contribution in [0.4, 0.5) is 27.6 Å². The van der Waals surface area contributed by atoms with E-state index in [9.17, 15) is 22.0 Å². The molecule has 0 amide bonds. The fourth-order valence-electron chi connectivity index (χ4n) is 2.23. The van der Waals surface area contributed by atoms with Crippen LogP contribution in [0.1, 0.15) is 10.4 Å². The van der Waals surface area contributed by atoms with Gasteiger partial charge in [0.1, 0.15) is 0 Å². The van der Waals surface area contributed by atoms with Gasteiger partial charge in [0.15, 0.2) is 27.6 Å². The first-order valence-electron chi connectivity index (χ1n) is 7.62. The normalized spacial score (nSPS) is 11.6. The Labute approximate surface area is 180 Å². The van der Waals surface area contributed by atoms with Gasteiger partial charge in [0.05, 0.1) is 27.8 Å². The van der Waals surface area contributed by atoms with E-state index in [0.29, 0.717) is 4.47 Å². The van der Waals surface area contributed by atoms with Crippen LogP contribution in [0.15, 0.2) is 30.5 Å². The Kier molecular flexibility index (Phi) is 6.42. The average Bonchev–Trinajstić information content (AvgIpc) is 3.04. The van der Waals surface area contributed by atoms with E-state index in [0.717, 1.165) is 4.88 Å². The summed E-state index contributed by atoms with van der Waals surface area (Å²) in [5.41, 5.74) is -1.28. The van der Waals surface area contributed by atoms with Gasteiger partial charge in [0.25, 0.3) is 0 Å². The molecule has 0 bridgehead atoms. The number of nitrogens with one attached hydrogen (secondary N) is 1. The first kappa shape index (κ1) is 21.9. The minimum absolute atomic E-state index is 0.0146. The Morgan fingerprint density at radius 3 is 2.17 bits per heavy atom. The molecule has 0 fully saturated rings. The molecule has 0 radical (unpaired) electrons. The second kappa shape index (κ2) is 8.51. The Balaban J connectivity index is 1.93. The zero-order valence-corrected chi connectivity index (χ0v) is 17.0. The number of benzene rings is 2. The van der Waals surface area contributed by atoms with Crippen LogP contribution >= 0.6 is 46.1 Å². The van der Waals surface area contributed by atoms with Crippen molar-refractivity contribution in [2.75, 3.05) is 5.32 Å². The molecule has 2 aromatic carbocycles. The van der Waals surface area contributed by atoms with Gasteiger partial charge < -0.3 is 10.1 Å². The van der Waals surface area contributed by atoms with Gasteiger partial charge in [-0.1, -0.05) is 34.8 Å². The van der Waals surface area contributed by atoms with Crippen LogP contribution in [0.5, 0.6) is 11.5 Å². The average molecular weight is 490 g/mol. The summed E-state index contributed by atoms with van der Waals surface area (Å²) in [7, 11) is 0. The fraction of sp³-hybridized carbons (Fsp3) is 0.118. The molecule has 0 saturated heterocycles. The summed E-state index contributed by atoms with van der Waals surface area (Å²) >= 11 is 18.9. The van der Waals surface area contributed by atoms with Gasteiger partial charge in [-0.05, 0) is 18.2 Å². The molecular weight excluding hydrogens is 482 g/mol. The SMILES string of the molecule is Fc1cc(C(F)(F)F)cc(F)c1Oc1cc(Cl)c(Cl)cc1NCc1cnc(Cl)s1. The largest absolute Gasteiger partial charge is 0.449 e. The standard InChI is InChI=1S/C17H8Cl3F5N2OS/c18-9-3-13(26-5-8-6-27-16(20)29-8)14(4-10(9)19)28-15-11(21)1-7(2-12(15)22)17(23,24)25/h1-4,6,26H,5H2. The van der Waals surface area contributed by atoms with Crippen molar-refractivity contribution in [1.29, 1.82) is 0 Å². The molecule has 3 rings (SSSR count). The monoisotopic (exact) mass is 488 g/mol. The van der Waals surface area contributed by atoms with Crippen LogP contribution in [0.25, 0.3) is 0 Å². The Morgan fingerprint density at radius 1 is 1.00 bits per heavy atom. The van der Waals surface area contributed by atoms with Crippen molar-refractivity contribution in [2.45, 2.75) is 12.7 Å². The van der Waals surface area contributed by atoms with E-state index in [1.165, 1.54) is 29.7 Å². The van der Waals surface area contributed by atoms with Gasteiger partial charge >= 0.3 is 6.18 Å². The topological polar surface area (TPSA) is 34.1 Å². The highest BCUT2D eigenvalue weighted by Gasteiger charge is 2.33. The molecule has 0 saturated carbocycles. The van der Waals surface area contributed by atoms with Gasteiger partial charge in [0, 0.05) is 17.1 Å². The summed E-state index contributed by atoms with van der Waals surface area (Å²) in [4.78, 5) is 4.61. The van der Waals surface area contributed by atoms with Crippen molar-refractivity contribution < 1.29 is 26.7 Å². The number of aromatic nitrogens is 1. The predicted molar refractivity (Wildman–Crippen MR) is 102 cm³/mol. The number of thiazole rings is 1. The number of anilines is 1. The maximum Gasteiger partial charge on any atom is 0.416 e. The van der Waals surface area contributed by atoms with Crippen molar-refractivity contribution in [2.24, 2.45) is 0 Å². The molecule has 0 aliphatic heterocycles. The van der Waals surface area contributed by atoms with Crippen LogP contribution in [0.3, 0.4) is 0 Å². The lowest BCUT2D eigenvalue weighted by atomic mass is 10.2. The van der Waals surface area contributed by atoms with Gasteiger partial charge in [-0.25, -0.2) is 13.8 Å². The molecule has 12 heteroatoms. The minimum Gasteiger partial charge on any atom is -0.449 e. The lowest BCUT2D eigenvalue weighted by Gasteiger charge is -2.16. The maximum absolute atomic E-state index is 14.1. The molecule has 0 unspecified atom stereocenters. The number of alkyl halides is 3. The van der Waals surface area contributed by atoms with E-state index in [-0.39, 0.29) is 40.2 Å². The zero-order valence-electron chi connectivity index (χ0n) is 13.9. The number of rotatable bonds is 5. The number of hydrogen-bond donors (Lipinski definition) is 1. The molecule has 3 nitrogen and oxygen atoms in total. The second-order valence-electron chi connectivity index (χ2n) is 5.56. The van der Waals surface area contributed by atoms with Crippen LogP contribution < -0.4 is 10.1 Å². The Bertz CT molecular complexity index is 1040. The van der Waals surface area contributed by atoms with Gasteiger partial charge in [-0.2, -0.15) is 13.2 Å². The number of halogens is 8. The molecule has 0 spiro atoms. The smallest absolute Gasteiger partial charge is 0.416 e. The van der Waals surface area contributed by atoms with E-state index in [4.69, 9.17) is 39.5 Å². The van der Waals surface area contributed by atoms with Crippen molar-refractivity contribution in [1.82, 2.24) is 4.98 Å². The Morgan fingerprint density at radius 2 is 1.62 bits per heavy atom. The van der Waals surface area contributed by atoms with Crippen LogP contribution in [-0.2, 0) is 12.7 Å². The fourth-order valence-corrected chi connectivity index (χ4v) is 3.46. The molecule has 3 aromatic rings. The van der Waals surface area contributed by atoms with Crippen molar-refractivity contribution >= 4 is 51.8 Å². The third-order valence-corrected chi connectivity index (χ3v) is 5.38. The van der Waals surface area contributed by atoms with Gasteiger partial charge in [-0.15, -0.1) is 11.3 Å². The van der Waals surface area contributed by atoms with Crippen LogP contribution in [0.2, 0.25) is 14.5 Å². The van der Waals surface area contributed by atoms with Crippen molar-refractivity contribution in [3.8, 4) is 11.5 Å². The molecular formula is C17H8Cl3F5N2OS. The van der Waals surface area contributed by atoms with Gasteiger partial charge in [-0.3, -0.25) is 0 Å². The predicted octanol–water partition coefficient (Wildman–Crippen LogP) is 7.80. The third-order valence-electron chi connectivity index (χ3n) is 3.54. The number of hydrogen-bond acceptors (Lipinski definition) is 4. The zero-order chi connectivity index (χ0) is 21.3. The van der Waals surface area contributed by atoms with E-state index in [1.54, 1.807) is 0 Å². The first-order chi connectivity index (χ1) is 13.5. The minimum atomic E-state index is -4.91. The second-order valence-corrected chi connectivity index (χ2v) is 8.08. The molecule has 0 atom stereocenters. The molecule has 1 N–H and O–H groups in total. The number of ether oxygens (including phenoxy) is 1. The van der Waals surface area contributed by atoms with Crippen molar-refractivity contribution in [3.05, 3.63) is 67.0 Å². The summed E-state index contributed by atoms with van der Waals surface area (Å²) in [6.45, 7) is 0.219. The molecule has 154 valence electrons. The van der Waals surface area contributed by atoms with E-state index in [1.807, 2.05) is 0 Å². The summed E-state index contributed by atoms with van der Waals surface area (Å²) in [6.07, 6.45) is -3.39. The van der Waals surface area contributed by atoms with Crippen LogP contribution in [-0.4, -0.2) is 4.98 Å². The Hall–Kier alpha value is -1.81. The summed E-state index contributed by atoms with van der Waals surface area (Å²) in [5, 5.41) is 3.06. The van der Waals surface area contributed by atoms with Gasteiger partial charge in [0.2, 0.25) is 0 Å². The highest BCUT2D eigenvalue weighted by molar-refractivity contribution is 7.15. The molecule has 0 aliphatic rings. The highest BCUT2D eigenvalue weighted by atomic mass is 35.5. The number of nitrogens with zero attached hydrogens (tertiary/aromatic N) is 1. The van der Waals surface area contributed by atoms with E-state index >= 15 is 0 Å². The molecule has 1 aromatic heterocycles. The van der Waals surface area contributed by atoms with Crippen molar-refractivity contribution in [3.63, 3.8) is 0 Å². The maximum atomic E-state index is 14.1. The van der Waals surface area contributed by atoms with E-state index < -0.39 is 29.1 Å². The lowest BCUT2D eigenvalue weighted by Crippen LogP contribution is -2.07. The highest BCUT2D eigenvalue weighted by Crippen LogP contribution is 2.40. The molecule has 0 aliphatic carbocycles. The summed E-state index contributed by atoms with van der Waals surface area (Å²) < 4.78 is 71.9.